The lowest BCUT2D eigenvalue weighted by molar-refractivity contribution is -0.138. The second kappa shape index (κ2) is 7.57. The van der Waals surface area contributed by atoms with Crippen molar-refractivity contribution >= 4 is 11.8 Å². The zero-order chi connectivity index (χ0) is 17.0. The van der Waals surface area contributed by atoms with E-state index < -0.39 is 0 Å². The van der Waals surface area contributed by atoms with Gasteiger partial charge in [0.15, 0.2) is 0 Å². The first-order valence-corrected chi connectivity index (χ1v) is 8.33. The molecule has 0 unspecified atom stereocenters. The van der Waals surface area contributed by atoms with Gasteiger partial charge < -0.3 is 9.80 Å². The predicted molar refractivity (Wildman–Crippen MR) is 87.4 cm³/mol. The van der Waals surface area contributed by atoms with Gasteiger partial charge in [-0.25, -0.2) is 4.39 Å². The molecule has 2 rings (SSSR count). The van der Waals surface area contributed by atoms with E-state index in [0.717, 1.165) is 17.5 Å². The lowest BCUT2D eigenvalue weighted by Crippen LogP contribution is -2.39. The van der Waals surface area contributed by atoms with Gasteiger partial charge in [0.25, 0.3) is 0 Å². The van der Waals surface area contributed by atoms with Gasteiger partial charge in [0.1, 0.15) is 5.82 Å². The molecule has 2 amide bonds. The van der Waals surface area contributed by atoms with Crippen LogP contribution in [0.3, 0.4) is 0 Å². The number of benzene rings is 1. The van der Waals surface area contributed by atoms with Gasteiger partial charge in [-0.15, -0.1) is 0 Å². The molecule has 23 heavy (non-hydrogen) atoms. The van der Waals surface area contributed by atoms with Crippen molar-refractivity contribution in [2.45, 2.75) is 46.1 Å². The SMILES string of the molecule is CCN(CC)C(=O)CCC(=O)N1CCc2ccc(F)cc2[C@H]1C. The van der Waals surface area contributed by atoms with Crippen LogP contribution in [0.1, 0.15) is 50.8 Å². The van der Waals surface area contributed by atoms with Gasteiger partial charge in [-0.3, -0.25) is 9.59 Å². The van der Waals surface area contributed by atoms with Crippen LogP contribution in [0.25, 0.3) is 0 Å². The lowest BCUT2D eigenvalue weighted by atomic mass is 9.93. The van der Waals surface area contributed by atoms with E-state index >= 15 is 0 Å². The summed E-state index contributed by atoms with van der Waals surface area (Å²) < 4.78 is 13.5. The third-order valence-corrected chi connectivity index (χ3v) is 4.64. The van der Waals surface area contributed by atoms with Crippen molar-refractivity contribution in [2.24, 2.45) is 0 Å². The Bertz CT molecular complexity index is 584. The topological polar surface area (TPSA) is 40.6 Å². The van der Waals surface area contributed by atoms with E-state index in [1.165, 1.54) is 12.1 Å². The highest BCUT2D eigenvalue weighted by Gasteiger charge is 2.28. The number of nitrogens with zero attached hydrogens (tertiary/aromatic N) is 2. The second-order valence-electron chi connectivity index (χ2n) is 5.92. The van der Waals surface area contributed by atoms with Crippen molar-refractivity contribution in [3.05, 3.63) is 35.1 Å². The van der Waals surface area contributed by atoms with Gasteiger partial charge in [-0.1, -0.05) is 6.07 Å². The minimum atomic E-state index is -0.276. The van der Waals surface area contributed by atoms with Crippen molar-refractivity contribution in [3.63, 3.8) is 0 Å². The molecule has 0 saturated carbocycles. The summed E-state index contributed by atoms with van der Waals surface area (Å²) in [6, 6.07) is 4.63. The summed E-state index contributed by atoms with van der Waals surface area (Å²) >= 11 is 0. The second-order valence-corrected chi connectivity index (χ2v) is 5.92. The first-order chi connectivity index (χ1) is 11.0. The molecular formula is C18H25FN2O2. The third-order valence-electron chi connectivity index (χ3n) is 4.64. The smallest absolute Gasteiger partial charge is 0.223 e. The molecule has 1 atom stereocenters. The molecule has 1 aromatic rings. The fraction of sp³-hybridized carbons (Fsp3) is 0.556. The number of carbonyl (C=O) groups excluding carboxylic acids is 2. The van der Waals surface area contributed by atoms with Gasteiger partial charge in [0, 0.05) is 32.5 Å². The standard InChI is InChI=1S/C18H25FN2O2/c1-4-20(5-2)17(22)8-9-18(23)21-11-10-14-6-7-15(19)12-16(14)13(21)3/h6-7,12-13H,4-5,8-11H2,1-3H3/t13-/m1/s1. The largest absolute Gasteiger partial charge is 0.343 e. The van der Waals surface area contributed by atoms with Gasteiger partial charge >= 0.3 is 0 Å². The van der Waals surface area contributed by atoms with Crippen LogP contribution in [-0.2, 0) is 16.0 Å². The fourth-order valence-corrected chi connectivity index (χ4v) is 3.22. The van der Waals surface area contributed by atoms with Crippen molar-refractivity contribution in [1.29, 1.82) is 0 Å². The number of fused-ring (bicyclic) bond motifs is 1. The summed E-state index contributed by atoms with van der Waals surface area (Å²) in [5.41, 5.74) is 1.97. The summed E-state index contributed by atoms with van der Waals surface area (Å²) in [5.74, 6) is -0.297. The summed E-state index contributed by atoms with van der Waals surface area (Å²) in [6.07, 6.45) is 1.18. The minimum absolute atomic E-state index is 0.0134. The molecule has 1 aromatic carbocycles. The predicted octanol–water partition coefficient (Wildman–Crippen LogP) is 2.92. The molecular weight excluding hydrogens is 295 g/mol. The van der Waals surface area contributed by atoms with E-state index in [1.807, 2.05) is 20.8 Å². The van der Waals surface area contributed by atoms with Crippen molar-refractivity contribution in [1.82, 2.24) is 9.80 Å². The van der Waals surface area contributed by atoms with Crippen LogP contribution < -0.4 is 0 Å². The van der Waals surface area contributed by atoms with Crippen LogP contribution >= 0.6 is 0 Å². The Morgan fingerprint density at radius 3 is 2.61 bits per heavy atom. The Kier molecular flexibility index (Phi) is 5.74. The molecule has 1 aliphatic heterocycles. The Morgan fingerprint density at radius 1 is 1.26 bits per heavy atom. The number of carbonyl (C=O) groups is 2. The average Bonchev–Trinajstić information content (AvgIpc) is 2.54. The molecule has 0 aromatic heterocycles. The van der Waals surface area contributed by atoms with E-state index in [0.29, 0.717) is 19.6 Å². The maximum atomic E-state index is 13.5. The monoisotopic (exact) mass is 320 g/mol. The van der Waals surface area contributed by atoms with Crippen LogP contribution in [0, 0.1) is 5.82 Å². The summed E-state index contributed by atoms with van der Waals surface area (Å²) in [4.78, 5) is 28.0. The molecule has 126 valence electrons. The molecule has 0 N–H and O–H groups in total. The number of hydrogen-bond donors (Lipinski definition) is 0. The molecule has 0 radical (unpaired) electrons. The highest BCUT2D eigenvalue weighted by atomic mass is 19.1. The third kappa shape index (κ3) is 3.89. The quantitative estimate of drug-likeness (QED) is 0.837. The zero-order valence-electron chi connectivity index (χ0n) is 14.1. The van der Waals surface area contributed by atoms with Crippen LogP contribution in [0.15, 0.2) is 18.2 Å². The maximum Gasteiger partial charge on any atom is 0.223 e. The molecule has 0 spiro atoms. The fourth-order valence-electron chi connectivity index (χ4n) is 3.22. The Labute approximate surface area is 137 Å². The molecule has 0 bridgehead atoms. The molecule has 5 heteroatoms. The van der Waals surface area contributed by atoms with Crippen molar-refractivity contribution < 1.29 is 14.0 Å². The van der Waals surface area contributed by atoms with E-state index in [1.54, 1.807) is 15.9 Å². The van der Waals surface area contributed by atoms with Crippen molar-refractivity contribution in [2.75, 3.05) is 19.6 Å². The molecule has 4 nitrogen and oxygen atoms in total. The van der Waals surface area contributed by atoms with Crippen LogP contribution in [0.4, 0.5) is 4.39 Å². The molecule has 1 aliphatic rings. The zero-order valence-corrected chi connectivity index (χ0v) is 14.1. The highest BCUT2D eigenvalue weighted by Crippen LogP contribution is 2.30. The van der Waals surface area contributed by atoms with E-state index in [-0.39, 0.29) is 36.5 Å². The maximum absolute atomic E-state index is 13.5. The van der Waals surface area contributed by atoms with Crippen LogP contribution in [0.5, 0.6) is 0 Å². The van der Waals surface area contributed by atoms with E-state index in [4.69, 9.17) is 0 Å². The number of amides is 2. The first kappa shape index (κ1) is 17.4. The molecule has 0 aliphatic carbocycles. The molecule has 0 saturated heterocycles. The summed E-state index contributed by atoms with van der Waals surface area (Å²) in [6.45, 7) is 7.73. The number of halogens is 1. The first-order valence-electron chi connectivity index (χ1n) is 8.33. The van der Waals surface area contributed by atoms with E-state index in [9.17, 15) is 14.0 Å². The highest BCUT2D eigenvalue weighted by molar-refractivity contribution is 5.84. The van der Waals surface area contributed by atoms with Crippen LogP contribution in [-0.4, -0.2) is 41.2 Å². The molecule has 1 heterocycles. The minimum Gasteiger partial charge on any atom is -0.343 e. The van der Waals surface area contributed by atoms with E-state index in [2.05, 4.69) is 0 Å². The lowest BCUT2D eigenvalue weighted by Gasteiger charge is -2.35. The van der Waals surface area contributed by atoms with Gasteiger partial charge in [0.2, 0.25) is 11.8 Å². The van der Waals surface area contributed by atoms with Gasteiger partial charge in [0.05, 0.1) is 6.04 Å². The van der Waals surface area contributed by atoms with Crippen LogP contribution in [0.2, 0.25) is 0 Å². The Morgan fingerprint density at radius 2 is 1.96 bits per heavy atom. The summed E-state index contributed by atoms with van der Waals surface area (Å²) in [7, 11) is 0. The number of hydrogen-bond acceptors (Lipinski definition) is 2. The van der Waals surface area contributed by atoms with Crippen molar-refractivity contribution in [3.8, 4) is 0 Å². The average molecular weight is 320 g/mol. The Balaban J connectivity index is 2.00. The molecule has 0 fully saturated rings. The Hall–Kier alpha value is -1.91. The summed E-state index contributed by atoms with van der Waals surface area (Å²) in [5, 5.41) is 0. The normalized spacial score (nSPS) is 16.9. The number of rotatable bonds is 5. The van der Waals surface area contributed by atoms with Gasteiger partial charge in [-0.05, 0) is 50.5 Å². The van der Waals surface area contributed by atoms with Gasteiger partial charge in [-0.2, -0.15) is 0 Å².